The number of carbonyl (C=O) groups is 2. The molecule has 0 saturated carbocycles. The number of aromatic nitrogens is 3. The maximum atomic E-state index is 13.0. The Kier molecular flexibility index (Phi) is 5.02. The van der Waals surface area contributed by atoms with E-state index in [1.165, 1.54) is 0 Å². The molecule has 8 nitrogen and oxygen atoms in total. The highest BCUT2D eigenvalue weighted by atomic mass is 16.5. The first-order chi connectivity index (χ1) is 13.9. The summed E-state index contributed by atoms with van der Waals surface area (Å²) in [5.41, 5.74) is 3.74. The van der Waals surface area contributed by atoms with Crippen molar-refractivity contribution in [3.05, 3.63) is 46.2 Å². The van der Waals surface area contributed by atoms with Crippen LogP contribution in [0.3, 0.4) is 0 Å². The zero-order valence-corrected chi connectivity index (χ0v) is 17.2. The second kappa shape index (κ2) is 7.50. The number of allylic oxidation sites excluding steroid dienone is 1. The van der Waals surface area contributed by atoms with Crippen LogP contribution in [0.4, 0.5) is 0 Å². The number of aryl methyl sites for hydroxylation is 3. The van der Waals surface area contributed by atoms with E-state index in [2.05, 4.69) is 27.0 Å². The molecule has 1 saturated heterocycles. The van der Waals surface area contributed by atoms with Gasteiger partial charge in [-0.05, 0) is 52.5 Å². The fourth-order valence-corrected chi connectivity index (χ4v) is 4.39. The van der Waals surface area contributed by atoms with Crippen molar-refractivity contribution in [1.29, 1.82) is 0 Å². The van der Waals surface area contributed by atoms with E-state index in [0.717, 1.165) is 48.3 Å². The molecule has 2 aromatic heterocycles. The second-order valence-electron chi connectivity index (χ2n) is 8.17. The fourth-order valence-electron chi connectivity index (χ4n) is 4.39. The molecule has 1 fully saturated rings. The predicted octanol–water partition coefficient (Wildman–Crippen LogP) is 2.54. The van der Waals surface area contributed by atoms with E-state index in [1.807, 2.05) is 31.5 Å². The first-order valence-corrected chi connectivity index (χ1v) is 10.1. The average molecular weight is 397 g/mol. The summed E-state index contributed by atoms with van der Waals surface area (Å²) < 4.78 is 7.18. The van der Waals surface area contributed by atoms with E-state index in [0.29, 0.717) is 31.0 Å². The number of rotatable bonds is 5. The molecule has 2 N–H and O–H groups in total. The van der Waals surface area contributed by atoms with Gasteiger partial charge in [0.25, 0.3) is 5.91 Å². The molecular weight excluding hydrogens is 370 g/mol. The molecule has 8 heteroatoms. The van der Waals surface area contributed by atoms with Crippen molar-refractivity contribution in [2.75, 3.05) is 6.54 Å². The third-order valence-corrected chi connectivity index (χ3v) is 6.08. The van der Waals surface area contributed by atoms with Crippen molar-refractivity contribution in [3.63, 3.8) is 0 Å². The lowest BCUT2D eigenvalue weighted by atomic mass is 9.70. The number of amides is 2. The summed E-state index contributed by atoms with van der Waals surface area (Å²) >= 11 is 0. The van der Waals surface area contributed by atoms with Gasteiger partial charge in [0.05, 0.1) is 12.2 Å². The van der Waals surface area contributed by atoms with Crippen LogP contribution in [0.15, 0.2) is 22.4 Å². The molecule has 2 aliphatic rings. The predicted molar refractivity (Wildman–Crippen MR) is 106 cm³/mol. The Labute approximate surface area is 169 Å². The van der Waals surface area contributed by atoms with Crippen molar-refractivity contribution in [3.8, 4) is 0 Å². The molecule has 3 heterocycles. The van der Waals surface area contributed by atoms with Gasteiger partial charge in [-0.3, -0.25) is 14.3 Å². The largest absolute Gasteiger partial charge is 0.361 e. The van der Waals surface area contributed by atoms with Crippen LogP contribution in [0.2, 0.25) is 0 Å². The van der Waals surface area contributed by atoms with Crippen LogP contribution in [0.5, 0.6) is 0 Å². The maximum Gasteiger partial charge on any atom is 0.273 e. The van der Waals surface area contributed by atoms with Crippen molar-refractivity contribution >= 4 is 11.8 Å². The number of piperidine rings is 1. The van der Waals surface area contributed by atoms with Gasteiger partial charge in [-0.1, -0.05) is 11.2 Å². The average Bonchev–Trinajstić information content (AvgIpc) is 3.22. The summed E-state index contributed by atoms with van der Waals surface area (Å²) in [5.74, 6) is 0.415. The number of hydrogen-bond acceptors (Lipinski definition) is 5. The summed E-state index contributed by atoms with van der Waals surface area (Å²) in [6, 6.07) is 2.00. The van der Waals surface area contributed by atoms with Gasteiger partial charge < -0.3 is 15.2 Å². The summed E-state index contributed by atoms with van der Waals surface area (Å²) in [5, 5.41) is 14.5. The molecule has 0 aromatic carbocycles. The van der Waals surface area contributed by atoms with E-state index < -0.39 is 0 Å². The number of fused-ring (bicyclic) bond motifs is 1. The van der Waals surface area contributed by atoms with Crippen LogP contribution in [0, 0.1) is 26.2 Å². The summed E-state index contributed by atoms with van der Waals surface area (Å²) in [4.78, 5) is 24.8. The highest BCUT2D eigenvalue weighted by molar-refractivity contribution is 5.93. The lowest BCUT2D eigenvalue weighted by Gasteiger charge is -2.42. The lowest BCUT2D eigenvalue weighted by Crippen LogP contribution is -2.48. The molecule has 154 valence electrons. The molecule has 1 aliphatic carbocycles. The zero-order valence-electron chi connectivity index (χ0n) is 17.2. The third-order valence-electron chi connectivity index (χ3n) is 6.08. The first kappa shape index (κ1) is 19.4. The van der Waals surface area contributed by atoms with Crippen molar-refractivity contribution in [2.45, 2.75) is 59.4 Å². The lowest BCUT2D eigenvalue weighted by molar-refractivity contribution is -0.122. The number of hydrogen-bond donors (Lipinski definition) is 2. The van der Waals surface area contributed by atoms with E-state index in [4.69, 9.17) is 4.52 Å². The minimum absolute atomic E-state index is 0.0550. The van der Waals surface area contributed by atoms with Crippen LogP contribution >= 0.6 is 0 Å². The van der Waals surface area contributed by atoms with E-state index in [-0.39, 0.29) is 17.2 Å². The molecule has 29 heavy (non-hydrogen) atoms. The molecule has 4 rings (SSSR count). The molecule has 1 unspecified atom stereocenters. The zero-order chi connectivity index (χ0) is 20.6. The Morgan fingerprint density at radius 1 is 1.34 bits per heavy atom. The highest BCUT2D eigenvalue weighted by Gasteiger charge is 2.40. The Balaban J connectivity index is 1.51. The summed E-state index contributed by atoms with van der Waals surface area (Å²) in [7, 11) is 0. The fraction of sp³-hybridized carbons (Fsp3) is 0.524. The van der Waals surface area contributed by atoms with E-state index >= 15 is 0 Å². The Hall–Kier alpha value is -2.90. The maximum absolute atomic E-state index is 13.0. The van der Waals surface area contributed by atoms with E-state index in [9.17, 15) is 9.59 Å². The smallest absolute Gasteiger partial charge is 0.273 e. The van der Waals surface area contributed by atoms with Gasteiger partial charge in [0.15, 0.2) is 5.69 Å². The number of nitrogens with one attached hydrogen (secondary N) is 2. The Bertz CT molecular complexity index is 987. The van der Waals surface area contributed by atoms with Crippen LogP contribution in [0.25, 0.3) is 0 Å². The Morgan fingerprint density at radius 2 is 2.17 bits per heavy atom. The monoisotopic (exact) mass is 397 g/mol. The standard InChI is InChI=1S/C21H27N5O3/c1-13-10-14(2)26(24-13)11-16-15(3)29-25-19(16)20(28)22-12-21-8-5-4-6-17(21)23-18(27)7-9-21/h6,10H,4-5,7-9,11-12H2,1-3H3,(H,22,28)(H,23,27). The van der Waals surface area contributed by atoms with Gasteiger partial charge in [0, 0.05) is 35.3 Å². The van der Waals surface area contributed by atoms with Gasteiger partial charge in [0.2, 0.25) is 5.91 Å². The van der Waals surface area contributed by atoms with Crippen molar-refractivity contribution < 1.29 is 14.1 Å². The summed E-state index contributed by atoms with van der Waals surface area (Å²) in [6.07, 6.45) is 6.31. The van der Waals surface area contributed by atoms with Gasteiger partial charge in [-0.2, -0.15) is 5.10 Å². The van der Waals surface area contributed by atoms with E-state index in [1.54, 1.807) is 0 Å². The number of nitrogens with zero attached hydrogens (tertiary/aromatic N) is 3. The van der Waals surface area contributed by atoms with Crippen LogP contribution < -0.4 is 10.6 Å². The molecular formula is C21H27N5O3. The molecule has 1 aliphatic heterocycles. The summed E-state index contributed by atoms with van der Waals surface area (Å²) in [6.45, 7) is 6.64. The molecule has 0 spiro atoms. The van der Waals surface area contributed by atoms with Crippen molar-refractivity contribution in [1.82, 2.24) is 25.6 Å². The first-order valence-electron chi connectivity index (χ1n) is 10.1. The van der Waals surface area contributed by atoms with Crippen LogP contribution in [-0.4, -0.2) is 33.3 Å². The molecule has 0 radical (unpaired) electrons. The Morgan fingerprint density at radius 3 is 2.93 bits per heavy atom. The van der Waals surface area contributed by atoms with Gasteiger partial charge in [-0.15, -0.1) is 0 Å². The topological polar surface area (TPSA) is 102 Å². The minimum Gasteiger partial charge on any atom is -0.361 e. The third kappa shape index (κ3) is 3.71. The highest BCUT2D eigenvalue weighted by Crippen LogP contribution is 2.42. The van der Waals surface area contributed by atoms with Gasteiger partial charge in [0.1, 0.15) is 5.76 Å². The number of carbonyl (C=O) groups excluding carboxylic acids is 2. The second-order valence-corrected chi connectivity index (χ2v) is 8.17. The SMILES string of the molecule is Cc1cc(C)n(Cc2c(C(=O)NCC34CCCC=C3NC(=O)CC4)noc2C)n1. The quantitative estimate of drug-likeness (QED) is 0.807. The van der Waals surface area contributed by atoms with Crippen molar-refractivity contribution in [2.24, 2.45) is 5.41 Å². The molecule has 2 aromatic rings. The molecule has 0 bridgehead atoms. The van der Waals surface area contributed by atoms with Gasteiger partial charge >= 0.3 is 0 Å². The normalized spacial score (nSPS) is 21.3. The van der Waals surface area contributed by atoms with Gasteiger partial charge in [-0.25, -0.2) is 0 Å². The molecule has 1 atom stereocenters. The molecule has 2 amide bonds. The van der Waals surface area contributed by atoms with Crippen LogP contribution in [0.1, 0.15) is 65.3 Å². The minimum atomic E-state index is -0.255. The van der Waals surface area contributed by atoms with Crippen LogP contribution in [-0.2, 0) is 11.3 Å².